The highest BCUT2D eigenvalue weighted by molar-refractivity contribution is 6.18. The smallest absolute Gasteiger partial charge is 0.0620 e. The van der Waals surface area contributed by atoms with E-state index in [0.29, 0.717) is 0 Å². The first-order chi connectivity index (χ1) is 33.7. The molecule has 0 saturated carbocycles. The van der Waals surface area contributed by atoms with E-state index < -0.39 is 0 Å². The van der Waals surface area contributed by atoms with Crippen LogP contribution in [0.3, 0.4) is 0 Å². The molecule has 0 amide bonds. The first-order valence-corrected chi connectivity index (χ1v) is 23.3. The molecule has 1 heterocycles. The van der Waals surface area contributed by atoms with E-state index in [-0.39, 0.29) is 0 Å². The number of para-hydroxylation sites is 1. The average Bonchev–Trinajstić information content (AvgIpc) is 3.79. The molecule has 0 spiro atoms. The second-order valence-electron chi connectivity index (χ2n) is 17.3. The van der Waals surface area contributed by atoms with Gasteiger partial charge in [-0.3, -0.25) is 0 Å². The fourth-order valence-electron chi connectivity index (χ4n) is 9.95. The lowest BCUT2D eigenvalue weighted by Gasteiger charge is -2.26. The zero-order valence-corrected chi connectivity index (χ0v) is 37.5. The first-order valence-electron chi connectivity index (χ1n) is 23.3. The average molecular weight is 867 g/mol. The molecule has 0 saturated heterocycles. The van der Waals surface area contributed by atoms with Gasteiger partial charge in [-0.2, -0.15) is 0 Å². The Kier molecular flexibility index (Phi) is 10.6. The number of anilines is 3. The monoisotopic (exact) mass is 866 g/mol. The van der Waals surface area contributed by atoms with Crippen molar-refractivity contribution in [1.82, 2.24) is 4.57 Å². The van der Waals surface area contributed by atoms with Crippen molar-refractivity contribution in [2.24, 2.45) is 0 Å². The van der Waals surface area contributed by atoms with Crippen LogP contribution in [0.2, 0.25) is 0 Å². The Balaban J connectivity index is 0.912. The zero-order chi connectivity index (χ0) is 45.2. The van der Waals surface area contributed by atoms with Crippen LogP contribution in [0, 0.1) is 0 Å². The van der Waals surface area contributed by atoms with Gasteiger partial charge in [0.2, 0.25) is 0 Å². The van der Waals surface area contributed by atoms with Crippen LogP contribution in [-0.4, -0.2) is 4.57 Å². The molecule has 0 fully saturated rings. The SMILES string of the molecule is c1ccc(-c2ccc(N(c3ccc(-c4ccccc4)cc3)c3ccc(-c4ccc(-c5cccc6c5ccc5c(-c7ccccc7)c(-c7ccccc7)n(-c7ccccc7)c56)cc4)cc3)cc2)cc1. The molecule has 1 aromatic heterocycles. The summed E-state index contributed by atoms with van der Waals surface area (Å²) in [7, 11) is 0. The van der Waals surface area contributed by atoms with E-state index in [9.17, 15) is 0 Å². The molecule has 0 bridgehead atoms. The van der Waals surface area contributed by atoms with Crippen molar-refractivity contribution >= 4 is 38.7 Å². The van der Waals surface area contributed by atoms with E-state index >= 15 is 0 Å². The van der Waals surface area contributed by atoms with Crippen LogP contribution in [0.4, 0.5) is 17.1 Å². The summed E-state index contributed by atoms with van der Waals surface area (Å²) in [4.78, 5) is 2.34. The Morgan fingerprint density at radius 3 is 1.07 bits per heavy atom. The number of rotatable bonds is 10. The van der Waals surface area contributed by atoms with Crippen molar-refractivity contribution < 1.29 is 0 Å². The van der Waals surface area contributed by atoms with Crippen LogP contribution >= 0.6 is 0 Å². The van der Waals surface area contributed by atoms with Crippen molar-refractivity contribution in [3.63, 3.8) is 0 Å². The second kappa shape index (κ2) is 17.8. The van der Waals surface area contributed by atoms with Crippen molar-refractivity contribution in [2.45, 2.75) is 0 Å². The molecule has 0 unspecified atom stereocenters. The summed E-state index contributed by atoms with van der Waals surface area (Å²) >= 11 is 0. The van der Waals surface area contributed by atoms with Gasteiger partial charge in [0.25, 0.3) is 0 Å². The lowest BCUT2D eigenvalue weighted by atomic mass is 9.93. The minimum atomic E-state index is 1.10. The van der Waals surface area contributed by atoms with Crippen LogP contribution in [0.1, 0.15) is 0 Å². The highest BCUT2D eigenvalue weighted by atomic mass is 15.1. The molecule has 0 atom stereocenters. The number of aromatic nitrogens is 1. The van der Waals surface area contributed by atoms with Crippen molar-refractivity contribution in [3.05, 3.63) is 279 Å². The minimum absolute atomic E-state index is 1.10. The third kappa shape index (κ3) is 7.54. The maximum absolute atomic E-state index is 2.48. The Bertz CT molecular complexity index is 3560. The molecular formula is C66H46N2. The van der Waals surface area contributed by atoms with E-state index in [4.69, 9.17) is 0 Å². The topological polar surface area (TPSA) is 8.17 Å². The summed E-state index contributed by atoms with van der Waals surface area (Å²) in [5, 5.41) is 3.67. The van der Waals surface area contributed by atoms with Gasteiger partial charge in [0.1, 0.15) is 0 Å². The van der Waals surface area contributed by atoms with Gasteiger partial charge in [-0.15, -0.1) is 0 Å². The molecule has 68 heavy (non-hydrogen) atoms. The molecule has 2 heteroatoms. The van der Waals surface area contributed by atoms with Crippen LogP contribution < -0.4 is 4.90 Å². The Morgan fingerprint density at radius 2 is 0.603 bits per heavy atom. The molecular weight excluding hydrogens is 821 g/mol. The second-order valence-corrected chi connectivity index (χ2v) is 17.3. The van der Waals surface area contributed by atoms with E-state index in [1.54, 1.807) is 0 Å². The summed E-state index contributed by atoms with van der Waals surface area (Å²) in [5.74, 6) is 0. The summed E-state index contributed by atoms with van der Waals surface area (Å²) in [5.41, 5.74) is 20.0. The lowest BCUT2D eigenvalue weighted by molar-refractivity contribution is 1.14. The predicted molar refractivity (Wildman–Crippen MR) is 288 cm³/mol. The number of hydrogen-bond acceptors (Lipinski definition) is 1. The molecule has 12 aromatic rings. The lowest BCUT2D eigenvalue weighted by Crippen LogP contribution is -2.09. The van der Waals surface area contributed by atoms with Gasteiger partial charge >= 0.3 is 0 Å². The third-order valence-corrected chi connectivity index (χ3v) is 13.2. The Labute approximate surface area is 397 Å². The van der Waals surface area contributed by atoms with Gasteiger partial charge in [-0.25, -0.2) is 0 Å². The molecule has 0 radical (unpaired) electrons. The zero-order valence-electron chi connectivity index (χ0n) is 37.5. The van der Waals surface area contributed by atoms with Crippen LogP contribution in [0.5, 0.6) is 0 Å². The van der Waals surface area contributed by atoms with Crippen LogP contribution in [0.25, 0.3) is 94.3 Å². The summed E-state index contributed by atoms with van der Waals surface area (Å²) in [6, 6.07) is 101. The molecule has 0 aliphatic carbocycles. The maximum atomic E-state index is 2.48. The van der Waals surface area contributed by atoms with Gasteiger partial charge in [0, 0.05) is 39.1 Å². The minimum Gasteiger partial charge on any atom is -0.311 e. The summed E-state index contributed by atoms with van der Waals surface area (Å²) in [6.07, 6.45) is 0. The molecule has 320 valence electrons. The predicted octanol–water partition coefficient (Wildman–Crippen LogP) is 18.3. The van der Waals surface area contributed by atoms with Crippen molar-refractivity contribution in [1.29, 1.82) is 0 Å². The standard InChI is InChI=1S/C66H46N2/c1-6-17-47(18-7-1)50-33-39-57(40-34-50)67(58-41-35-51(36-42-58)48-19-8-2-9-20-48)59-43-37-52(38-44-59)49-29-31-53(32-30-49)60-27-16-28-62-61(60)45-46-63-64(54-21-10-3-11-22-54)65(55-23-12-4-13-24-55)68(66(62)63)56-25-14-5-15-26-56/h1-46H. The summed E-state index contributed by atoms with van der Waals surface area (Å²) < 4.78 is 2.48. The highest BCUT2D eigenvalue weighted by Crippen LogP contribution is 2.46. The molecule has 0 aliphatic heterocycles. The highest BCUT2D eigenvalue weighted by Gasteiger charge is 2.23. The third-order valence-electron chi connectivity index (χ3n) is 13.2. The maximum Gasteiger partial charge on any atom is 0.0620 e. The number of hydrogen-bond donors (Lipinski definition) is 0. The molecule has 0 N–H and O–H groups in total. The van der Waals surface area contributed by atoms with Gasteiger partial charge in [-0.05, 0) is 110 Å². The Hall–Kier alpha value is -8.98. The summed E-state index contributed by atoms with van der Waals surface area (Å²) in [6.45, 7) is 0. The molecule has 12 rings (SSSR count). The van der Waals surface area contributed by atoms with E-state index in [1.807, 2.05) is 0 Å². The normalized spacial score (nSPS) is 11.2. The van der Waals surface area contributed by atoms with Gasteiger partial charge in [0.15, 0.2) is 0 Å². The van der Waals surface area contributed by atoms with E-state index in [2.05, 4.69) is 289 Å². The van der Waals surface area contributed by atoms with Crippen LogP contribution in [-0.2, 0) is 0 Å². The number of nitrogens with zero attached hydrogens (tertiary/aromatic N) is 2. The number of fused-ring (bicyclic) bond motifs is 3. The molecule has 11 aromatic carbocycles. The molecule has 2 nitrogen and oxygen atoms in total. The van der Waals surface area contributed by atoms with Gasteiger partial charge in [-0.1, -0.05) is 231 Å². The van der Waals surface area contributed by atoms with Gasteiger partial charge < -0.3 is 9.47 Å². The van der Waals surface area contributed by atoms with Gasteiger partial charge in [0.05, 0.1) is 11.2 Å². The van der Waals surface area contributed by atoms with E-state index in [0.717, 1.165) is 22.7 Å². The first kappa shape index (κ1) is 40.5. The largest absolute Gasteiger partial charge is 0.311 e. The Morgan fingerprint density at radius 1 is 0.235 bits per heavy atom. The molecule has 0 aliphatic rings. The van der Waals surface area contributed by atoms with Crippen LogP contribution in [0.15, 0.2) is 279 Å². The van der Waals surface area contributed by atoms with E-state index in [1.165, 1.54) is 88.6 Å². The number of benzene rings is 11. The quantitative estimate of drug-likeness (QED) is 0.133. The van der Waals surface area contributed by atoms with Crippen molar-refractivity contribution in [2.75, 3.05) is 4.90 Å². The fraction of sp³-hybridized carbons (Fsp3) is 0. The van der Waals surface area contributed by atoms with Crippen molar-refractivity contribution in [3.8, 4) is 72.6 Å². The fourth-order valence-corrected chi connectivity index (χ4v) is 9.95.